The van der Waals surface area contributed by atoms with E-state index in [4.69, 9.17) is 4.18 Å². The van der Waals surface area contributed by atoms with Gasteiger partial charge in [-0.1, -0.05) is 12.1 Å². The molecule has 0 aliphatic heterocycles. The smallest absolute Gasteiger partial charge is 0.338 e. The van der Waals surface area contributed by atoms with Crippen molar-refractivity contribution in [2.24, 2.45) is 0 Å². The number of halogens is 3. The predicted molar refractivity (Wildman–Crippen MR) is 77.2 cm³/mol. The van der Waals surface area contributed by atoms with Crippen LogP contribution in [-0.4, -0.2) is 45.6 Å². The first-order chi connectivity index (χ1) is 10.5. The van der Waals surface area contributed by atoms with Crippen LogP contribution in [0.15, 0.2) is 29.2 Å². The zero-order valence-electron chi connectivity index (χ0n) is 12.8. The number of rotatable bonds is 7. The van der Waals surface area contributed by atoms with Crippen LogP contribution >= 0.6 is 0 Å². The minimum absolute atomic E-state index is 0.0295. The van der Waals surface area contributed by atoms with Crippen molar-refractivity contribution < 1.29 is 30.6 Å². The SMILES string of the molecule is Cc1cccc(S(=O)(=O)OCCCCN(C)C(=O)C(F)(F)F)c1. The quantitative estimate of drug-likeness (QED) is 0.558. The first kappa shape index (κ1) is 19.4. The number of carbonyl (C=O) groups is 1. The van der Waals surface area contributed by atoms with Gasteiger partial charge in [0.1, 0.15) is 0 Å². The zero-order valence-corrected chi connectivity index (χ0v) is 13.6. The van der Waals surface area contributed by atoms with Gasteiger partial charge in [-0.05, 0) is 37.5 Å². The summed E-state index contributed by atoms with van der Waals surface area (Å²) in [5.41, 5.74) is 0.766. The van der Waals surface area contributed by atoms with E-state index in [9.17, 15) is 26.4 Å². The monoisotopic (exact) mass is 353 g/mol. The van der Waals surface area contributed by atoms with Crippen molar-refractivity contribution in [3.05, 3.63) is 29.8 Å². The lowest BCUT2D eigenvalue weighted by molar-refractivity contribution is -0.184. The second-order valence-corrected chi connectivity index (χ2v) is 6.64. The highest BCUT2D eigenvalue weighted by molar-refractivity contribution is 7.86. The maximum Gasteiger partial charge on any atom is 0.471 e. The molecule has 5 nitrogen and oxygen atoms in total. The maximum absolute atomic E-state index is 12.2. The molecule has 0 aromatic heterocycles. The third-order valence-corrected chi connectivity index (χ3v) is 4.30. The van der Waals surface area contributed by atoms with E-state index in [0.29, 0.717) is 4.90 Å². The Hall–Kier alpha value is -1.61. The fourth-order valence-electron chi connectivity index (χ4n) is 1.78. The molecule has 1 aromatic rings. The molecule has 23 heavy (non-hydrogen) atoms. The molecule has 1 aromatic carbocycles. The normalized spacial score (nSPS) is 12.2. The van der Waals surface area contributed by atoms with Gasteiger partial charge in [0.25, 0.3) is 10.1 Å². The van der Waals surface area contributed by atoms with E-state index in [1.54, 1.807) is 19.1 Å². The summed E-state index contributed by atoms with van der Waals surface area (Å²) in [7, 11) is -2.84. The van der Waals surface area contributed by atoms with Gasteiger partial charge in [0.15, 0.2) is 0 Å². The number of hydrogen-bond acceptors (Lipinski definition) is 4. The highest BCUT2D eigenvalue weighted by Crippen LogP contribution is 2.18. The first-order valence-electron chi connectivity index (χ1n) is 6.82. The number of alkyl halides is 3. The molecule has 0 aliphatic rings. The van der Waals surface area contributed by atoms with E-state index in [0.717, 1.165) is 12.6 Å². The topological polar surface area (TPSA) is 63.7 Å². The van der Waals surface area contributed by atoms with Gasteiger partial charge in [0, 0.05) is 13.6 Å². The Kier molecular flexibility index (Phi) is 6.57. The van der Waals surface area contributed by atoms with Gasteiger partial charge in [-0.25, -0.2) is 0 Å². The van der Waals surface area contributed by atoms with Gasteiger partial charge in [-0.3, -0.25) is 8.98 Å². The summed E-state index contributed by atoms with van der Waals surface area (Å²) in [6.07, 6.45) is -4.50. The van der Waals surface area contributed by atoms with E-state index in [2.05, 4.69) is 0 Å². The summed E-state index contributed by atoms with van der Waals surface area (Å²) in [6, 6.07) is 6.19. The maximum atomic E-state index is 12.2. The van der Waals surface area contributed by atoms with Crippen molar-refractivity contribution in [1.82, 2.24) is 4.90 Å². The summed E-state index contributed by atoms with van der Waals surface area (Å²) in [6.45, 7) is 1.45. The van der Waals surface area contributed by atoms with Crippen LogP contribution in [0.3, 0.4) is 0 Å². The molecule has 0 aliphatic carbocycles. The number of unbranched alkanes of at least 4 members (excludes halogenated alkanes) is 1. The molecule has 0 radical (unpaired) electrons. The number of hydrogen-bond donors (Lipinski definition) is 0. The van der Waals surface area contributed by atoms with Crippen molar-refractivity contribution in [3.63, 3.8) is 0 Å². The summed E-state index contributed by atoms with van der Waals surface area (Å²) in [5.74, 6) is -1.93. The highest BCUT2D eigenvalue weighted by Gasteiger charge is 2.40. The first-order valence-corrected chi connectivity index (χ1v) is 8.23. The molecule has 0 spiro atoms. The van der Waals surface area contributed by atoms with Crippen LogP contribution in [0.25, 0.3) is 0 Å². The van der Waals surface area contributed by atoms with E-state index in [1.807, 2.05) is 0 Å². The minimum Gasteiger partial charge on any atom is -0.338 e. The van der Waals surface area contributed by atoms with Gasteiger partial charge in [-0.2, -0.15) is 21.6 Å². The Morgan fingerprint density at radius 1 is 1.26 bits per heavy atom. The molecular formula is C14H18F3NO4S. The predicted octanol–water partition coefficient (Wildman–Crippen LogP) is 2.50. The largest absolute Gasteiger partial charge is 0.471 e. The van der Waals surface area contributed by atoms with Gasteiger partial charge in [0.2, 0.25) is 0 Å². The van der Waals surface area contributed by atoms with Crippen LogP contribution in [0.5, 0.6) is 0 Å². The minimum atomic E-state index is -4.90. The Labute approximate surface area is 133 Å². The van der Waals surface area contributed by atoms with Crippen LogP contribution in [0.1, 0.15) is 18.4 Å². The van der Waals surface area contributed by atoms with Crippen molar-refractivity contribution in [3.8, 4) is 0 Å². The molecule has 1 rings (SSSR count). The van der Waals surface area contributed by atoms with Crippen molar-refractivity contribution >= 4 is 16.0 Å². The van der Waals surface area contributed by atoms with Crippen LogP contribution in [0.2, 0.25) is 0 Å². The molecule has 130 valence electrons. The van der Waals surface area contributed by atoms with Crippen molar-refractivity contribution in [2.75, 3.05) is 20.2 Å². The second-order valence-electron chi connectivity index (χ2n) is 5.02. The average molecular weight is 353 g/mol. The number of nitrogens with zero attached hydrogens (tertiary/aromatic N) is 1. The average Bonchev–Trinajstić information content (AvgIpc) is 2.44. The molecular weight excluding hydrogens is 335 g/mol. The lowest BCUT2D eigenvalue weighted by Crippen LogP contribution is -2.38. The molecule has 0 N–H and O–H groups in total. The van der Waals surface area contributed by atoms with Crippen LogP contribution in [0, 0.1) is 6.92 Å². The zero-order chi connectivity index (χ0) is 17.7. The van der Waals surface area contributed by atoms with Gasteiger partial charge < -0.3 is 4.90 Å². The second kappa shape index (κ2) is 7.78. The Bertz CT molecular complexity index is 644. The lowest BCUT2D eigenvalue weighted by Gasteiger charge is -2.18. The third kappa shape index (κ3) is 6.19. The van der Waals surface area contributed by atoms with Gasteiger partial charge >= 0.3 is 12.1 Å². The van der Waals surface area contributed by atoms with E-state index < -0.39 is 22.2 Å². The molecule has 0 heterocycles. The molecule has 0 atom stereocenters. The Balaban J connectivity index is 2.39. The van der Waals surface area contributed by atoms with Gasteiger partial charge in [-0.15, -0.1) is 0 Å². The molecule has 1 amide bonds. The Morgan fingerprint density at radius 2 is 1.91 bits per heavy atom. The fraction of sp³-hybridized carbons (Fsp3) is 0.500. The standard InChI is InChI=1S/C14H18F3NO4S/c1-11-6-5-7-12(10-11)23(20,21)22-9-4-3-8-18(2)13(19)14(15,16)17/h5-7,10H,3-4,8-9H2,1-2H3. The lowest BCUT2D eigenvalue weighted by atomic mass is 10.2. The molecule has 0 saturated heterocycles. The molecule has 0 bridgehead atoms. The highest BCUT2D eigenvalue weighted by atomic mass is 32.2. The Morgan fingerprint density at radius 3 is 2.48 bits per heavy atom. The molecule has 0 fully saturated rings. The van der Waals surface area contributed by atoms with Crippen LogP contribution < -0.4 is 0 Å². The summed E-state index contributed by atoms with van der Waals surface area (Å²) < 4.78 is 65.1. The van der Waals surface area contributed by atoms with E-state index >= 15 is 0 Å². The number of benzene rings is 1. The van der Waals surface area contributed by atoms with Crippen LogP contribution in [0.4, 0.5) is 13.2 Å². The number of amides is 1. The summed E-state index contributed by atoms with van der Waals surface area (Å²) in [4.78, 5) is 11.5. The molecule has 9 heteroatoms. The summed E-state index contributed by atoms with van der Waals surface area (Å²) in [5, 5.41) is 0. The van der Waals surface area contributed by atoms with Crippen molar-refractivity contribution in [1.29, 1.82) is 0 Å². The van der Waals surface area contributed by atoms with Crippen LogP contribution in [-0.2, 0) is 19.1 Å². The van der Waals surface area contributed by atoms with E-state index in [1.165, 1.54) is 12.1 Å². The fourth-order valence-corrected chi connectivity index (χ4v) is 2.83. The van der Waals surface area contributed by atoms with Gasteiger partial charge in [0.05, 0.1) is 11.5 Å². The number of carbonyl (C=O) groups excluding carboxylic acids is 1. The third-order valence-electron chi connectivity index (χ3n) is 2.99. The van der Waals surface area contributed by atoms with Crippen molar-refractivity contribution in [2.45, 2.75) is 30.8 Å². The number of aryl methyl sites for hydroxylation is 1. The summed E-state index contributed by atoms with van der Waals surface area (Å²) >= 11 is 0. The molecule has 0 saturated carbocycles. The molecule has 0 unspecified atom stereocenters. The van der Waals surface area contributed by atoms with E-state index in [-0.39, 0.29) is 30.9 Å².